The predicted octanol–water partition coefficient (Wildman–Crippen LogP) is 2.43. The zero-order chi connectivity index (χ0) is 14.5. The minimum Gasteiger partial charge on any atom is -0.444 e. The smallest absolute Gasteiger partial charge is 0.226 e. The molecule has 20 heavy (non-hydrogen) atoms. The molecule has 1 heterocycles. The number of aromatic nitrogens is 1. The first-order chi connectivity index (χ1) is 9.63. The molecule has 108 valence electrons. The molecular formula is C14H16F2N2O2. The maximum atomic E-state index is 13.2. The van der Waals surface area contributed by atoms with Gasteiger partial charge in [0.2, 0.25) is 5.89 Å². The summed E-state index contributed by atoms with van der Waals surface area (Å²) in [5.41, 5.74) is 1.07. The van der Waals surface area contributed by atoms with Gasteiger partial charge in [-0.3, -0.25) is 4.90 Å². The second-order valence-corrected chi connectivity index (χ2v) is 4.37. The molecule has 0 aliphatic heterocycles. The fourth-order valence-corrected chi connectivity index (χ4v) is 1.86. The molecule has 2 rings (SSSR count). The van der Waals surface area contributed by atoms with E-state index >= 15 is 0 Å². The number of likely N-dealkylation sites (N-methyl/N-ethyl adjacent to an activating group) is 1. The highest BCUT2D eigenvalue weighted by atomic mass is 19.2. The summed E-state index contributed by atoms with van der Waals surface area (Å²) >= 11 is 0. The standard InChI is InChI=1S/C14H16F2N2O2/c1-2-18(5-6-19)8-11-9-20-14(17-11)10-3-4-12(15)13(16)7-10/h3-4,7,9,19H,2,5-6,8H2,1H3. The lowest BCUT2D eigenvalue weighted by atomic mass is 10.2. The molecule has 0 aliphatic rings. The first-order valence-corrected chi connectivity index (χ1v) is 6.37. The fraction of sp³-hybridized carbons (Fsp3) is 0.357. The molecule has 0 aliphatic carbocycles. The van der Waals surface area contributed by atoms with Crippen molar-refractivity contribution in [2.45, 2.75) is 13.5 Å². The van der Waals surface area contributed by atoms with E-state index in [-0.39, 0.29) is 12.5 Å². The first-order valence-electron chi connectivity index (χ1n) is 6.37. The monoisotopic (exact) mass is 282 g/mol. The molecule has 0 fully saturated rings. The summed E-state index contributed by atoms with van der Waals surface area (Å²) in [6.07, 6.45) is 1.48. The Bertz CT molecular complexity index is 572. The highest BCUT2D eigenvalue weighted by molar-refractivity contribution is 5.53. The molecule has 1 aromatic carbocycles. The zero-order valence-electron chi connectivity index (χ0n) is 11.1. The molecule has 1 N–H and O–H groups in total. The van der Waals surface area contributed by atoms with Crippen LogP contribution in [0.1, 0.15) is 12.6 Å². The van der Waals surface area contributed by atoms with Crippen LogP contribution in [0.5, 0.6) is 0 Å². The molecule has 0 saturated carbocycles. The maximum absolute atomic E-state index is 13.2. The van der Waals surface area contributed by atoms with Crippen LogP contribution in [-0.4, -0.2) is 34.7 Å². The summed E-state index contributed by atoms with van der Waals surface area (Å²) < 4.78 is 31.3. The van der Waals surface area contributed by atoms with E-state index in [0.717, 1.165) is 18.7 Å². The van der Waals surface area contributed by atoms with Crippen LogP contribution in [-0.2, 0) is 6.54 Å². The van der Waals surface area contributed by atoms with E-state index in [1.54, 1.807) is 0 Å². The molecule has 4 nitrogen and oxygen atoms in total. The summed E-state index contributed by atoms with van der Waals surface area (Å²) in [4.78, 5) is 6.24. The van der Waals surface area contributed by atoms with Gasteiger partial charge in [0.1, 0.15) is 6.26 Å². The van der Waals surface area contributed by atoms with Crippen molar-refractivity contribution in [1.82, 2.24) is 9.88 Å². The molecule has 0 amide bonds. The van der Waals surface area contributed by atoms with Gasteiger partial charge in [0.15, 0.2) is 11.6 Å². The number of hydrogen-bond acceptors (Lipinski definition) is 4. The van der Waals surface area contributed by atoms with E-state index in [4.69, 9.17) is 9.52 Å². The summed E-state index contributed by atoms with van der Waals surface area (Å²) in [6, 6.07) is 3.51. The van der Waals surface area contributed by atoms with E-state index in [0.29, 0.717) is 24.3 Å². The molecule has 0 unspecified atom stereocenters. The van der Waals surface area contributed by atoms with Crippen molar-refractivity contribution in [3.8, 4) is 11.5 Å². The average molecular weight is 282 g/mol. The third-order valence-corrected chi connectivity index (χ3v) is 2.97. The van der Waals surface area contributed by atoms with Crippen molar-refractivity contribution in [3.63, 3.8) is 0 Å². The van der Waals surface area contributed by atoms with E-state index in [1.165, 1.54) is 12.3 Å². The maximum Gasteiger partial charge on any atom is 0.226 e. The fourth-order valence-electron chi connectivity index (χ4n) is 1.86. The molecule has 1 aromatic heterocycles. The second-order valence-electron chi connectivity index (χ2n) is 4.37. The Balaban J connectivity index is 2.13. The van der Waals surface area contributed by atoms with Crippen molar-refractivity contribution in [2.24, 2.45) is 0 Å². The third-order valence-electron chi connectivity index (χ3n) is 2.97. The minimum atomic E-state index is -0.933. The molecule has 6 heteroatoms. The Morgan fingerprint density at radius 3 is 2.75 bits per heavy atom. The summed E-state index contributed by atoms with van der Waals surface area (Å²) in [5.74, 6) is -1.59. The Labute approximate surface area is 115 Å². The number of nitrogens with zero attached hydrogens (tertiary/aromatic N) is 2. The van der Waals surface area contributed by atoms with Crippen LogP contribution in [0.4, 0.5) is 8.78 Å². The number of aliphatic hydroxyl groups excluding tert-OH is 1. The van der Waals surface area contributed by atoms with E-state index in [1.807, 2.05) is 11.8 Å². The highest BCUT2D eigenvalue weighted by Gasteiger charge is 2.12. The van der Waals surface area contributed by atoms with Gasteiger partial charge in [0.25, 0.3) is 0 Å². The van der Waals surface area contributed by atoms with Crippen molar-refractivity contribution >= 4 is 0 Å². The molecule has 0 bridgehead atoms. The Morgan fingerprint density at radius 2 is 2.10 bits per heavy atom. The van der Waals surface area contributed by atoms with Crippen LogP contribution in [0.3, 0.4) is 0 Å². The molecular weight excluding hydrogens is 266 g/mol. The van der Waals surface area contributed by atoms with Crippen molar-refractivity contribution in [1.29, 1.82) is 0 Å². The molecule has 0 radical (unpaired) electrons. The lowest BCUT2D eigenvalue weighted by Gasteiger charge is -2.16. The van der Waals surface area contributed by atoms with E-state index in [2.05, 4.69) is 4.98 Å². The second kappa shape index (κ2) is 6.58. The van der Waals surface area contributed by atoms with Crippen LogP contribution >= 0.6 is 0 Å². The van der Waals surface area contributed by atoms with Crippen LogP contribution in [0.25, 0.3) is 11.5 Å². The summed E-state index contributed by atoms with van der Waals surface area (Å²) in [5, 5.41) is 8.92. The number of aliphatic hydroxyl groups is 1. The quantitative estimate of drug-likeness (QED) is 0.884. The molecule has 2 aromatic rings. The molecule has 0 atom stereocenters. The average Bonchev–Trinajstić information content (AvgIpc) is 2.90. The van der Waals surface area contributed by atoms with Gasteiger partial charge in [0, 0.05) is 18.7 Å². The molecule has 0 saturated heterocycles. The topological polar surface area (TPSA) is 49.5 Å². The van der Waals surface area contributed by atoms with Gasteiger partial charge in [-0.15, -0.1) is 0 Å². The number of rotatable bonds is 6. The van der Waals surface area contributed by atoms with Crippen molar-refractivity contribution in [2.75, 3.05) is 19.7 Å². The van der Waals surface area contributed by atoms with Crippen molar-refractivity contribution in [3.05, 3.63) is 41.8 Å². The highest BCUT2D eigenvalue weighted by Crippen LogP contribution is 2.21. The van der Waals surface area contributed by atoms with E-state index < -0.39 is 11.6 Å². The van der Waals surface area contributed by atoms with Gasteiger partial charge in [0.05, 0.1) is 12.3 Å². The lowest BCUT2D eigenvalue weighted by molar-refractivity contribution is 0.195. The van der Waals surface area contributed by atoms with Crippen LogP contribution in [0.15, 0.2) is 28.9 Å². The summed E-state index contributed by atoms with van der Waals surface area (Å²) in [7, 11) is 0. The van der Waals surface area contributed by atoms with E-state index in [9.17, 15) is 8.78 Å². The van der Waals surface area contributed by atoms with Gasteiger partial charge >= 0.3 is 0 Å². The van der Waals surface area contributed by atoms with Gasteiger partial charge in [-0.25, -0.2) is 13.8 Å². The largest absolute Gasteiger partial charge is 0.444 e. The van der Waals surface area contributed by atoms with Gasteiger partial charge < -0.3 is 9.52 Å². The Morgan fingerprint density at radius 1 is 1.30 bits per heavy atom. The zero-order valence-corrected chi connectivity index (χ0v) is 11.1. The lowest BCUT2D eigenvalue weighted by Crippen LogP contribution is -2.26. The number of hydrogen-bond donors (Lipinski definition) is 1. The van der Waals surface area contributed by atoms with Crippen LogP contribution in [0, 0.1) is 11.6 Å². The van der Waals surface area contributed by atoms with Gasteiger partial charge in [-0.05, 0) is 24.7 Å². The normalized spacial score (nSPS) is 11.2. The molecule has 0 spiro atoms. The number of oxazole rings is 1. The minimum absolute atomic E-state index is 0.0712. The predicted molar refractivity (Wildman–Crippen MR) is 69.9 cm³/mol. The van der Waals surface area contributed by atoms with Crippen LogP contribution < -0.4 is 0 Å². The summed E-state index contributed by atoms with van der Waals surface area (Å²) in [6.45, 7) is 3.90. The SMILES string of the molecule is CCN(CCO)Cc1coc(-c2ccc(F)c(F)c2)n1. The van der Waals surface area contributed by atoms with Crippen molar-refractivity contribution < 1.29 is 18.3 Å². The Hall–Kier alpha value is -1.79. The van der Waals surface area contributed by atoms with Gasteiger partial charge in [-0.1, -0.05) is 6.92 Å². The third kappa shape index (κ3) is 3.40. The van der Waals surface area contributed by atoms with Crippen LogP contribution in [0.2, 0.25) is 0 Å². The Kier molecular flexibility index (Phi) is 4.81. The first kappa shape index (κ1) is 14.6. The van der Waals surface area contributed by atoms with Gasteiger partial charge in [-0.2, -0.15) is 0 Å². The number of benzene rings is 1. The number of halogens is 2.